The number of nitrogens with zero attached hydrogens (tertiary/aromatic N) is 1. The van der Waals surface area contributed by atoms with Crippen LogP contribution >= 0.6 is 0 Å². The topological polar surface area (TPSA) is 75.7 Å². The predicted molar refractivity (Wildman–Crippen MR) is 43.9 cm³/mol. The van der Waals surface area contributed by atoms with E-state index in [1.807, 2.05) is 0 Å². The molecule has 0 aromatic carbocycles. The van der Waals surface area contributed by atoms with Gasteiger partial charge in [-0.3, -0.25) is 4.99 Å². The number of carboxylic acid groups (broad SMARTS) is 1. The van der Waals surface area contributed by atoms with Crippen molar-refractivity contribution in [3.05, 3.63) is 11.8 Å². The minimum absolute atomic E-state index is 0.0876. The molecular weight excluding hydrogens is 182 g/mol. The molecule has 0 bridgehead atoms. The molecule has 0 fully saturated rings. The van der Waals surface area contributed by atoms with E-state index in [0.717, 1.165) is 0 Å². The third kappa shape index (κ3) is 3.18. The summed E-state index contributed by atoms with van der Waals surface area (Å²) >= 11 is 0. The van der Waals surface area contributed by atoms with E-state index in [1.54, 1.807) is 0 Å². The van der Waals surface area contributed by atoms with E-state index >= 15 is 0 Å². The van der Waals surface area contributed by atoms with Gasteiger partial charge in [-0.05, 0) is 6.92 Å². The summed E-state index contributed by atoms with van der Waals surface area (Å²) in [5.74, 6) is -1.50. The predicted octanol–water partition coefficient (Wildman–Crippen LogP) is 0.640. The first-order chi connectivity index (χ1) is 6.04. The van der Waals surface area contributed by atoms with Gasteiger partial charge in [-0.1, -0.05) is 0 Å². The summed E-state index contributed by atoms with van der Waals surface area (Å²) < 4.78 is 24.4. The Morgan fingerprint density at radius 2 is 2.23 bits per heavy atom. The Hall–Kier alpha value is -1.46. The molecule has 3 N–H and O–H groups in total. The molecule has 0 amide bonds. The van der Waals surface area contributed by atoms with E-state index in [0.29, 0.717) is 6.20 Å². The molecule has 0 radical (unpaired) electrons. The first kappa shape index (κ1) is 11.5. The van der Waals surface area contributed by atoms with E-state index in [4.69, 9.17) is 10.8 Å². The summed E-state index contributed by atoms with van der Waals surface area (Å²) in [5.41, 5.74) is 3.45. The first-order valence-electron chi connectivity index (χ1n) is 3.52. The van der Waals surface area contributed by atoms with Gasteiger partial charge < -0.3 is 10.8 Å². The first-order valence-corrected chi connectivity index (χ1v) is 3.52. The number of carboxylic acids is 1. The Morgan fingerprint density at radius 3 is 2.46 bits per heavy atom. The summed E-state index contributed by atoms with van der Waals surface area (Å²) in [6.07, 6.45) is -2.31. The van der Waals surface area contributed by atoms with Gasteiger partial charge in [-0.15, -0.1) is 0 Å². The maximum atomic E-state index is 12.2. The Labute approximate surface area is 73.8 Å². The largest absolute Gasteiger partial charge is 0.478 e. The smallest absolute Gasteiger partial charge is 0.339 e. The van der Waals surface area contributed by atoms with Crippen LogP contribution in [0.4, 0.5) is 8.78 Å². The molecule has 0 saturated heterocycles. The van der Waals surface area contributed by atoms with Crippen molar-refractivity contribution < 1.29 is 18.7 Å². The van der Waals surface area contributed by atoms with Gasteiger partial charge in [0.25, 0.3) is 6.43 Å². The Bertz CT molecular complexity index is 249. The van der Waals surface area contributed by atoms with Gasteiger partial charge in [0.15, 0.2) is 0 Å². The van der Waals surface area contributed by atoms with Crippen LogP contribution in [0.3, 0.4) is 0 Å². The second-order valence-corrected chi connectivity index (χ2v) is 2.05. The summed E-state index contributed by atoms with van der Waals surface area (Å²) in [4.78, 5) is 13.7. The second-order valence-electron chi connectivity index (χ2n) is 2.05. The van der Waals surface area contributed by atoms with Crippen LogP contribution < -0.4 is 5.73 Å². The maximum Gasteiger partial charge on any atom is 0.339 e. The summed E-state index contributed by atoms with van der Waals surface area (Å²) in [7, 11) is 0. The van der Waals surface area contributed by atoms with Crippen LogP contribution in [-0.4, -0.2) is 29.8 Å². The molecular formula is C7H10F2N2O2. The molecule has 0 atom stereocenters. The van der Waals surface area contributed by atoms with Crippen molar-refractivity contribution in [2.45, 2.75) is 13.3 Å². The minimum atomic E-state index is -2.93. The molecule has 0 aliphatic heterocycles. The fraction of sp³-hybridized carbons (Fsp3) is 0.429. The lowest BCUT2D eigenvalue weighted by Crippen LogP contribution is -2.21. The standard InChI is InChI=1S/C7H10F2N2O2/c1-2-11-5(6(8)9)4(3-10)7(12)13/h3,6H,2,10H2,1H3,(H,12,13). The monoisotopic (exact) mass is 192 g/mol. The van der Waals surface area contributed by atoms with Gasteiger partial charge in [0.1, 0.15) is 11.3 Å². The van der Waals surface area contributed by atoms with Crippen LogP contribution in [0.15, 0.2) is 16.8 Å². The number of hydrogen-bond acceptors (Lipinski definition) is 3. The van der Waals surface area contributed by atoms with Crippen LogP contribution in [0.1, 0.15) is 6.92 Å². The van der Waals surface area contributed by atoms with Crippen LogP contribution in [0.5, 0.6) is 0 Å². The zero-order valence-electron chi connectivity index (χ0n) is 7.00. The Balaban J connectivity index is 4.94. The highest BCUT2D eigenvalue weighted by atomic mass is 19.3. The molecule has 4 nitrogen and oxygen atoms in total. The van der Waals surface area contributed by atoms with E-state index < -0.39 is 23.7 Å². The molecule has 0 saturated carbocycles. The number of alkyl halides is 2. The second kappa shape index (κ2) is 5.23. The van der Waals surface area contributed by atoms with Crippen LogP contribution in [-0.2, 0) is 4.79 Å². The van der Waals surface area contributed by atoms with Crippen molar-refractivity contribution in [1.82, 2.24) is 0 Å². The number of carbonyl (C=O) groups is 1. The van der Waals surface area contributed by atoms with E-state index in [9.17, 15) is 13.6 Å². The zero-order chi connectivity index (χ0) is 10.4. The molecule has 6 heteroatoms. The van der Waals surface area contributed by atoms with Gasteiger partial charge in [0.05, 0.1) is 0 Å². The minimum Gasteiger partial charge on any atom is -0.478 e. The van der Waals surface area contributed by atoms with Gasteiger partial charge in [-0.25, -0.2) is 13.6 Å². The number of aliphatic imine (C=N–C) groups is 1. The van der Waals surface area contributed by atoms with E-state index in [1.165, 1.54) is 6.92 Å². The number of nitrogens with two attached hydrogens (primary N) is 1. The molecule has 0 aliphatic rings. The number of rotatable bonds is 4. The van der Waals surface area contributed by atoms with Crippen molar-refractivity contribution in [3.8, 4) is 0 Å². The van der Waals surface area contributed by atoms with Gasteiger partial charge in [0.2, 0.25) is 0 Å². The number of hydrogen-bond donors (Lipinski definition) is 2. The van der Waals surface area contributed by atoms with Gasteiger partial charge in [-0.2, -0.15) is 0 Å². The third-order valence-corrected chi connectivity index (χ3v) is 1.21. The van der Waals surface area contributed by atoms with Gasteiger partial charge >= 0.3 is 5.97 Å². The lowest BCUT2D eigenvalue weighted by Gasteiger charge is -2.04. The highest BCUT2D eigenvalue weighted by molar-refractivity contribution is 6.20. The Morgan fingerprint density at radius 1 is 1.69 bits per heavy atom. The summed E-state index contributed by atoms with van der Waals surface area (Å²) in [6.45, 7) is 1.61. The normalized spacial score (nSPS) is 13.5. The van der Waals surface area contributed by atoms with Crippen LogP contribution in [0.25, 0.3) is 0 Å². The molecule has 0 aromatic rings. The highest BCUT2D eigenvalue weighted by Crippen LogP contribution is 2.07. The Kier molecular flexibility index (Phi) is 4.64. The van der Waals surface area contributed by atoms with Crippen molar-refractivity contribution in [2.24, 2.45) is 10.7 Å². The lowest BCUT2D eigenvalue weighted by molar-refractivity contribution is -0.132. The molecule has 74 valence electrons. The van der Waals surface area contributed by atoms with Crippen molar-refractivity contribution in [1.29, 1.82) is 0 Å². The molecule has 0 aliphatic carbocycles. The average Bonchev–Trinajstić information content (AvgIpc) is 2.03. The zero-order valence-corrected chi connectivity index (χ0v) is 7.00. The number of halogens is 2. The number of aliphatic carboxylic acids is 1. The molecule has 0 heterocycles. The van der Waals surface area contributed by atoms with Crippen LogP contribution in [0, 0.1) is 0 Å². The molecule has 13 heavy (non-hydrogen) atoms. The van der Waals surface area contributed by atoms with Crippen LogP contribution in [0.2, 0.25) is 0 Å². The fourth-order valence-corrected chi connectivity index (χ4v) is 0.708. The van der Waals surface area contributed by atoms with E-state index in [2.05, 4.69) is 4.99 Å². The molecule has 0 aromatic heterocycles. The van der Waals surface area contributed by atoms with Crippen molar-refractivity contribution in [2.75, 3.05) is 6.54 Å². The third-order valence-electron chi connectivity index (χ3n) is 1.21. The summed E-state index contributed by atoms with van der Waals surface area (Å²) in [5, 5.41) is 8.46. The highest BCUT2D eigenvalue weighted by Gasteiger charge is 2.22. The van der Waals surface area contributed by atoms with E-state index in [-0.39, 0.29) is 6.54 Å². The fourth-order valence-electron chi connectivity index (χ4n) is 0.708. The quantitative estimate of drug-likeness (QED) is 0.507. The van der Waals surface area contributed by atoms with Gasteiger partial charge in [0, 0.05) is 12.7 Å². The van der Waals surface area contributed by atoms with Crippen molar-refractivity contribution >= 4 is 11.7 Å². The maximum absolute atomic E-state index is 12.2. The van der Waals surface area contributed by atoms with Crippen molar-refractivity contribution in [3.63, 3.8) is 0 Å². The lowest BCUT2D eigenvalue weighted by atomic mass is 10.2. The molecule has 0 unspecified atom stereocenters. The summed E-state index contributed by atoms with van der Waals surface area (Å²) in [6, 6.07) is 0. The average molecular weight is 192 g/mol. The molecule has 0 spiro atoms. The molecule has 0 rings (SSSR count). The SMILES string of the molecule is CCN=C(C(=CN)C(=O)O)C(F)F.